The summed E-state index contributed by atoms with van der Waals surface area (Å²) in [6.07, 6.45) is 0.897. The Labute approximate surface area is 198 Å². The van der Waals surface area contributed by atoms with Crippen LogP contribution < -0.4 is 10.2 Å². The molecule has 0 unspecified atom stereocenters. The van der Waals surface area contributed by atoms with Gasteiger partial charge >= 0.3 is 0 Å². The molecule has 0 heterocycles. The van der Waals surface area contributed by atoms with E-state index in [1.807, 2.05) is 73.7 Å². The minimum absolute atomic E-state index is 0.0783. The quantitative estimate of drug-likeness (QED) is 0.335. The molecule has 0 radical (unpaired) electrons. The van der Waals surface area contributed by atoms with Crippen molar-refractivity contribution in [1.82, 2.24) is 0 Å². The van der Waals surface area contributed by atoms with Crippen molar-refractivity contribution in [3.63, 3.8) is 0 Å². The van der Waals surface area contributed by atoms with Crippen LogP contribution in [0, 0.1) is 0 Å². The molecule has 0 saturated carbocycles. The second kappa shape index (κ2) is 10.3. The van der Waals surface area contributed by atoms with Gasteiger partial charge in [0.05, 0.1) is 5.69 Å². The fourth-order valence-corrected chi connectivity index (χ4v) is 4.12. The number of fused-ring (bicyclic) bond motifs is 1. The van der Waals surface area contributed by atoms with Crippen LogP contribution in [-0.2, 0) is 11.2 Å². The summed E-state index contributed by atoms with van der Waals surface area (Å²) in [6, 6.07) is 28.6. The number of amides is 2. The van der Waals surface area contributed by atoms with Gasteiger partial charge in [-0.15, -0.1) is 0 Å². The molecule has 0 aliphatic rings. The molecule has 0 aliphatic carbocycles. The van der Waals surface area contributed by atoms with Crippen LogP contribution in [-0.4, -0.2) is 18.4 Å². The number of hydrogen-bond donors (Lipinski definition) is 1. The molecule has 0 spiro atoms. The number of aryl methyl sites for hydroxylation is 1. The Kier molecular flexibility index (Phi) is 7.06. The largest absolute Gasteiger partial charge is 0.326 e. The van der Waals surface area contributed by atoms with E-state index in [2.05, 4.69) is 5.32 Å². The maximum absolute atomic E-state index is 13.3. The molecular weight excluding hydrogens is 432 g/mol. The van der Waals surface area contributed by atoms with E-state index < -0.39 is 0 Å². The lowest BCUT2D eigenvalue weighted by Gasteiger charge is -2.23. The Balaban J connectivity index is 1.44. The van der Waals surface area contributed by atoms with Crippen molar-refractivity contribution in [3.8, 4) is 0 Å². The molecule has 2 amide bonds. The summed E-state index contributed by atoms with van der Waals surface area (Å²) >= 11 is 6.16. The van der Waals surface area contributed by atoms with Crippen molar-refractivity contribution in [2.75, 3.05) is 16.8 Å². The molecule has 166 valence electrons. The molecule has 0 fully saturated rings. The summed E-state index contributed by atoms with van der Waals surface area (Å²) in [5.41, 5.74) is 3.06. The molecular formula is C28H25ClN2O2. The first-order chi connectivity index (χ1) is 16.1. The van der Waals surface area contributed by atoms with Crippen molar-refractivity contribution in [3.05, 3.63) is 107 Å². The monoisotopic (exact) mass is 456 g/mol. The highest BCUT2D eigenvalue weighted by Gasteiger charge is 2.18. The minimum atomic E-state index is -0.0973. The highest BCUT2D eigenvalue weighted by Crippen LogP contribution is 2.28. The van der Waals surface area contributed by atoms with Crippen LogP contribution in [0.2, 0.25) is 5.02 Å². The molecule has 4 aromatic carbocycles. The van der Waals surface area contributed by atoms with Gasteiger partial charge in [-0.3, -0.25) is 9.59 Å². The Morgan fingerprint density at radius 2 is 1.55 bits per heavy atom. The number of nitrogens with zero attached hydrogens (tertiary/aromatic N) is 1. The fourth-order valence-electron chi connectivity index (χ4n) is 3.89. The zero-order valence-corrected chi connectivity index (χ0v) is 19.2. The Morgan fingerprint density at radius 1 is 0.848 bits per heavy atom. The molecule has 4 nitrogen and oxygen atoms in total. The van der Waals surface area contributed by atoms with Gasteiger partial charge in [0.25, 0.3) is 5.91 Å². The summed E-state index contributed by atoms with van der Waals surface area (Å²) in [5, 5.41) is 5.69. The average molecular weight is 457 g/mol. The third-order valence-electron chi connectivity index (χ3n) is 5.61. The van der Waals surface area contributed by atoms with Crippen LogP contribution in [0.15, 0.2) is 91.0 Å². The third-order valence-corrected chi connectivity index (χ3v) is 5.98. The van der Waals surface area contributed by atoms with Crippen LogP contribution in [0.3, 0.4) is 0 Å². The van der Waals surface area contributed by atoms with Crippen molar-refractivity contribution in [1.29, 1.82) is 0 Å². The zero-order valence-electron chi connectivity index (χ0n) is 18.4. The van der Waals surface area contributed by atoms with Crippen LogP contribution in [0.1, 0.15) is 29.3 Å². The number of halogens is 1. The van der Waals surface area contributed by atoms with Crippen LogP contribution in [0.4, 0.5) is 11.4 Å². The summed E-state index contributed by atoms with van der Waals surface area (Å²) in [7, 11) is 0. The van der Waals surface area contributed by atoms with Crippen molar-refractivity contribution < 1.29 is 9.59 Å². The van der Waals surface area contributed by atoms with E-state index >= 15 is 0 Å². The summed E-state index contributed by atoms with van der Waals surface area (Å²) in [4.78, 5) is 27.4. The van der Waals surface area contributed by atoms with Crippen molar-refractivity contribution >= 4 is 45.6 Å². The maximum Gasteiger partial charge on any atom is 0.258 e. The minimum Gasteiger partial charge on any atom is -0.326 e. The molecule has 4 rings (SSSR count). The van der Waals surface area contributed by atoms with Crippen LogP contribution in [0.25, 0.3) is 10.8 Å². The Hall–Kier alpha value is -3.63. The number of rotatable bonds is 7. The summed E-state index contributed by atoms with van der Waals surface area (Å²) in [5.74, 6) is -0.176. The van der Waals surface area contributed by atoms with Gasteiger partial charge in [-0.05, 0) is 60.7 Å². The molecule has 0 aliphatic heterocycles. The van der Waals surface area contributed by atoms with Gasteiger partial charge in [-0.25, -0.2) is 0 Å². The molecule has 4 aromatic rings. The Bertz CT molecular complexity index is 1280. The van der Waals surface area contributed by atoms with Crippen molar-refractivity contribution in [2.45, 2.75) is 19.8 Å². The van der Waals surface area contributed by atoms with Gasteiger partial charge < -0.3 is 10.2 Å². The third kappa shape index (κ3) is 5.24. The van der Waals surface area contributed by atoms with E-state index in [4.69, 9.17) is 11.6 Å². The molecule has 1 N–H and O–H groups in total. The summed E-state index contributed by atoms with van der Waals surface area (Å²) in [6.45, 7) is 2.51. The van der Waals surface area contributed by atoms with E-state index in [0.29, 0.717) is 35.7 Å². The van der Waals surface area contributed by atoms with Gasteiger partial charge in [0.1, 0.15) is 0 Å². The number of anilines is 2. The second-order valence-electron chi connectivity index (χ2n) is 7.76. The fraction of sp³-hybridized carbons (Fsp3) is 0.143. The van der Waals surface area contributed by atoms with Gasteiger partial charge in [0, 0.05) is 34.6 Å². The molecule has 0 bridgehead atoms. The molecule has 0 atom stereocenters. The summed E-state index contributed by atoms with van der Waals surface area (Å²) < 4.78 is 0. The second-order valence-corrected chi connectivity index (χ2v) is 8.17. The smallest absolute Gasteiger partial charge is 0.258 e. The van der Waals surface area contributed by atoms with E-state index in [1.165, 1.54) is 0 Å². The number of nitrogens with one attached hydrogen (secondary N) is 1. The number of hydrogen-bond acceptors (Lipinski definition) is 2. The molecule has 0 saturated heterocycles. The molecule has 0 aromatic heterocycles. The lowest BCUT2D eigenvalue weighted by atomic mass is 10.1. The first-order valence-corrected chi connectivity index (χ1v) is 11.4. The zero-order chi connectivity index (χ0) is 23.2. The lowest BCUT2D eigenvalue weighted by Crippen LogP contribution is -2.30. The standard InChI is InChI=1S/C28H25ClN2O2/c1-2-31(26-13-7-10-20-8-3-5-11-24(20)26)28(33)22-14-17-23(18-15-22)30-27(32)19-16-21-9-4-6-12-25(21)29/h3-15,17-18H,2,16,19H2,1H3,(H,30,32). The van der Waals surface area contributed by atoms with Gasteiger partial charge in [0.15, 0.2) is 0 Å². The van der Waals surface area contributed by atoms with E-state index in [9.17, 15) is 9.59 Å². The van der Waals surface area contributed by atoms with Crippen LogP contribution in [0.5, 0.6) is 0 Å². The topological polar surface area (TPSA) is 49.4 Å². The first-order valence-electron chi connectivity index (χ1n) is 11.0. The van der Waals surface area contributed by atoms with Gasteiger partial charge in [0.2, 0.25) is 5.91 Å². The highest BCUT2D eigenvalue weighted by atomic mass is 35.5. The normalized spacial score (nSPS) is 10.7. The lowest BCUT2D eigenvalue weighted by molar-refractivity contribution is -0.116. The Morgan fingerprint density at radius 3 is 2.30 bits per heavy atom. The van der Waals surface area contributed by atoms with Crippen LogP contribution >= 0.6 is 11.6 Å². The predicted molar refractivity (Wildman–Crippen MR) is 136 cm³/mol. The van der Waals surface area contributed by atoms with Gasteiger partial charge in [-0.1, -0.05) is 66.2 Å². The van der Waals surface area contributed by atoms with E-state index in [0.717, 1.165) is 22.0 Å². The van der Waals surface area contributed by atoms with E-state index in [1.54, 1.807) is 29.2 Å². The first kappa shape index (κ1) is 22.6. The highest BCUT2D eigenvalue weighted by molar-refractivity contribution is 6.31. The average Bonchev–Trinajstić information content (AvgIpc) is 2.84. The number of carbonyl (C=O) groups excluding carboxylic acids is 2. The SMILES string of the molecule is CCN(C(=O)c1ccc(NC(=O)CCc2ccccc2Cl)cc1)c1cccc2ccccc12. The van der Waals surface area contributed by atoms with Gasteiger partial charge in [-0.2, -0.15) is 0 Å². The predicted octanol–water partition coefficient (Wildman–Crippen LogP) is 6.73. The van der Waals surface area contributed by atoms with E-state index in [-0.39, 0.29) is 11.8 Å². The molecule has 5 heteroatoms. The number of benzene rings is 4. The maximum atomic E-state index is 13.3. The van der Waals surface area contributed by atoms with Crippen molar-refractivity contribution in [2.24, 2.45) is 0 Å². The molecule has 33 heavy (non-hydrogen) atoms. The number of carbonyl (C=O) groups is 2.